The van der Waals surface area contributed by atoms with E-state index in [-0.39, 0.29) is 5.28 Å². The van der Waals surface area contributed by atoms with E-state index in [0.29, 0.717) is 5.82 Å². The minimum atomic E-state index is 0.231. The molecule has 0 unspecified atom stereocenters. The highest BCUT2D eigenvalue weighted by molar-refractivity contribution is 7.16. The van der Waals surface area contributed by atoms with Crippen LogP contribution in [0, 0.1) is 6.92 Å². The van der Waals surface area contributed by atoms with Crippen LogP contribution in [0.5, 0.6) is 5.75 Å². The Labute approximate surface area is 125 Å². The molecule has 0 radical (unpaired) electrons. The number of aromatic nitrogens is 2. The van der Waals surface area contributed by atoms with Gasteiger partial charge in [-0.15, -0.1) is 11.3 Å². The van der Waals surface area contributed by atoms with Crippen LogP contribution >= 0.6 is 22.9 Å². The lowest BCUT2D eigenvalue weighted by Gasteiger charge is -2.12. The molecule has 1 aromatic carbocycles. The summed E-state index contributed by atoms with van der Waals surface area (Å²) in [4.78, 5) is 9.33. The van der Waals surface area contributed by atoms with Gasteiger partial charge >= 0.3 is 0 Å². The maximum absolute atomic E-state index is 5.97. The third-order valence-electron chi connectivity index (χ3n) is 2.91. The van der Waals surface area contributed by atoms with Crippen LogP contribution < -0.4 is 10.1 Å². The Morgan fingerprint density at radius 3 is 2.90 bits per heavy atom. The predicted molar refractivity (Wildman–Crippen MR) is 83.4 cm³/mol. The molecule has 2 aromatic heterocycles. The molecule has 1 N–H and O–H groups in total. The van der Waals surface area contributed by atoms with Gasteiger partial charge in [0.2, 0.25) is 5.28 Å². The summed E-state index contributed by atoms with van der Waals surface area (Å²) in [6, 6.07) is 7.90. The van der Waals surface area contributed by atoms with Gasteiger partial charge in [-0.05, 0) is 47.7 Å². The summed E-state index contributed by atoms with van der Waals surface area (Å²) in [7, 11) is 1.64. The molecule has 0 fully saturated rings. The second-order valence-electron chi connectivity index (χ2n) is 4.31. The minimum absolute atomic E-state index is 0.231. The van der Waals surface area contributed by atoms with Crippen LogP contribution in [-0.2, 0) is 0 Å². The van der Waals surface area contributed by atoms with Gasteiger partial charge in [0.05, 0.1) is 18.2 Å². The first kappa shape index (κ1) is 13.1. The zero-order chi connectivity index (χ0) is 14.1. The van der Waals surface area contributed by atoms with Crippen LogP contribution in [0.4, 0.5) is 11.5 Å². The molecule has 4 nitrogen and oxygen atoms in total. The van der Waals surface area contributed by atoms with Crippen LogP contribution in [0.3, 0.4) is 0 Å². The molecule has 0 aliphatic carbocycles. The first-order valence-corrected chi connectivity index (χ1v) is 7.25. The summed E-state index contributed by atoms with van der Waals surface area (Å²) < 4.78 is 5.36. The summed E-state index contributed by atoms with van der Waals surface area (Å²) in [5.41, 5.74) is 1.99. The smallest absolute Gasteiger partial charge is 0.225 e. The Bertz CT molecular complexity index is 772. The van der Waals surface area contributed by atoms with Crippen LogP contribution in [0.15, 0.2) is 29.6 Å². The fraction of sp³-hybridized carbons (Fsp3) is 0.143. The number of nitrogens with one attached hydrogen (secondary N) is 1. The maximum Gasteiger partial charge on any atom is 0.225 e. The van der Waals surface area contributed by atoms with Crippen molar-refractivity contribution < 1.29 is 4.74 Å². The van der Waals surface area contributed by atoms with E-state index >= 15 is 0 Å². The van der Waals surface area contributed by atoms with Crippen LogP contribution in [-0.4, -0.2) is 17.1 Å². The SMILES string of the molecule is COc1ccc(C)cc1Nc1nc(Cl)nc2sccc12. The molecular weight excluding hydrogens is 294 g/mol. The van der Waals surface area contributed by atoms with E-state index in [0.717, 1.165) is 27.2 Å². The molecule has 0 amide bonds. The number of ether oxygens (including phenoxy) is 1. The van der Waals surface area contributed by atoms with E-state index in [1.165, 1.54) is 11.3 Å². The van der Waals surface area contributed by atoms with Gasteiger partial charge in [0.15, 0.2) is 0 Å². The average Bonchev–Trinajstić information content (AvgIpc) is 2.87. The highest BCUT2D eigenvalue weighted by atomic mass is 35.5. The molecule has 6 heteroatoms. The summed E-state index contributed by atoms with van der Waals surface area (Å²) in [6.45, 7) is 2.03. The first-order valence-electron chi connectivity index (χ1n) is 6.00. The van der Waals surface area contributed by atoms with E-state index in [1.807, 2.05) is 36.6 Å². The van der Waals surface area contributed by atoms with Gasteiger partial charge in [-0.3, -0.25) is 0 Å². The molecule has 0 aliphatic rings. The normalized spacial score (nSPS) is 10.8. The number of aryl methyl sites for hydroxylation is 1. The van der Waals surface area contributed by atoms with Gasteiger partial charge in [0.1, 0.15) is 16.4 Å². The number of benzene rings is 1. The molecule has 20 heavy (non-hydrogen) atoms. The van der Waals surface area contributed by atoms with Crippen molar-refractivity contribution in [2.24, 2.45) is 0 Å². The first-order chi connectivity index (χ1) is 9.67. The van der Waals surface area contributed by atoms with Crippen molar-refractivity contribution >= 4 is 44.7 Å². The molecule has 0 bridgehead atoms. The van der Waals surface area contributed by atoms with Gasteiger partial charge in [0, 0.05) is 0 Å². The summed E-state index contributed by atoms with van der Waals surface area (Å²) in [6.07, 6.45) is 0. The lowest BCUT2D eigenvalue weighted by atomic mass is 10.2. The molecule has 102 valence electrons. The third-order valence-corrected chi connectivity index (χ3v) is 3.88. The molecular formula is C14H12ClN3OS. The van der Waals surface area contributed by atoms with Gasteiger partial charge in [-0.1, -0.05) is 6.07 Å². The molecule has 0 atom stereocenters. The molecule has 2 heterocycles. The Balaban J connectivity index is 2.09. The van der Waals surface area contributed by atoms with E-state index in [9.17, 15) is 0 Å². The van der Waals surface area contributed by atoms with Crippen molar-refractivity contribution in [1.82, 2.24) is 9.97 Å². The molecule has 0 aliphatic heterocycles. The Hall–Kier alpha value is -1.85. The zero-order valence-corrected chi connectivity index (χ0v) is 12.5. The highest BCUT2D eigenvalue weighted by Crippen LogP contribution is 2.32. The van der Waals surface area contributed by atoms with E-state index in [1.54, 1.807) is 7.11 Å². The van der Waals surface area contributed by atoms with Crippen molar-refractivity contribution in [1.29, 1.82) is 0 Å². The monoisotopic (exact) mass is 305 g/mol. The van der Waals surface area contributed by atoms with Crippen molar-refractivity contribution in [3.05, 3.63) is 40.5 Å². The standard InChI is InChI=1S/C14H12ClN3OS/c1-8-3-4-11(19-2)10(7-8)16-12-9-5-6-20-13(9)18-14(15)17-12/h3-7H,1-2H3,(H,16,17,18). The summed E-state index contributed by atoms with van der Waals surface area (Å²) in [5, 5.41) is 6.42. The lowest BCUT2D eigenvalue weighted by Crippen LogP contribution is -1.98. The third kappa shape index (κ3) is 2.42. The fourth-order valence-electron chi connectivity index (χ4n) is 1.97. The number of rotatable bonds is 3. The Kier molecular flexibility index (Phi) is 3.46. The number of methoxy groups -OCH3 is 1. The number of nitrogens with zero attached hydrogens (tertiary/aromatic N) is 2. The average molecular weight is 306 g/mol. The topological polar surface area (TPSA) is 47.0 Å². The predicted octanol–water partition coefficient (Wildman–Crippen LogP) is 4.41. The number of fused-ring (bicyclic) bond motifs is 1. The van der Waals surface area contributed by atoms with Crippen molar-refractivity contribution in [3.63, 3.8) is 0 Å². The number of thiophene rings is 1. The van der Waals surface area contributed by atoms with Crippen molar-refractivity contribution in [2.75, 3.05) is 12.4 Å². The second-order valence-corrected chi connectivity index (χ2v) is 5.54. The number of anilines is 2. The Morgan fingerprint density at radius 1 is 1.25 bits per heavy atom. The van der Waals surface area contributed by atoms with Crippen molar-refractivity contribution in [2.45, 2.75) is 6.92 Å². The minimum Gasteiger partial charge on any atom is -0.495 e. The summed E-state index contributed by atoms with van der Waals surface area (Å²) >= 11 is 7.50. The number of hydrogen-bond acceptors (Lipinski definition) is 5. The largest absolute Gasteiger partial charge is 0.495 e. The van der Waals surface area contributed by atoms with Gasteiger partial charge in [-0.25, -0.2) is 4.98 Å². The van der Waals surface area contributed by atoms with Crippen LogP contribution in [0.25, 0.3) is 10.2 Å². The Morgan fingerprint density at radius 2 is 2.10 bits per heavy atom. The molecule has 0 saturated heterocycles. The molecule has 3 aromatic rings. The maximum atomic E-state index is 5.97. The van der Waals surface area contributed by atoms with Crippen LogP contribution in [0.1, 0.15) is 5.56 Å². The number of hydrogen-bond donors (Lipinski definition) is 1. The van der Waals surface area contributed by atoms with E-state index in [4.69, 9.17) is 16.3 Å². The number of halogens is 1. The van der Waals surface area contributed by atoms with Gasteiger partial charge in [0.25, 0.3) is 0 Å². The van der Waals surface area contributed by atoms with Crippen molar-refractivity contribution in [3.8, 4) is 5.75 Å². The molecule has 0 saturated carbocycles. The van der Waals surface area contributed by atoms with Gasteiger partial charge in [-0.2, -0.15) is 4.98 Å². The fourth-order valence-corrected chi connectivity index (χ4v) is 2.95. The highest BCUT2D eigenvalue weighted by Gasteiger charge is 2.10. The van der Waals surface area contributed by atoms with E-state index < -0.39 is 0 Å². The molecule has 3 rings (SSSR count). The lowest BCUT2D eigenvalue weighted by molar-refractivity contribution is 0.416. The second kappa shape index (κ2) is 5.26. The van der Waals surface area contributed by atoms with Gasteiger partial charge < -0.3 is 10.1 Å². The van der Waals surface area contributed by atoms with Crippen LogP contribution in [0.2, 0.25) is 5.28 Å². The van der Waals surface area contributed by atoms with E-state index in [2.05, 4.69) is 15.3 Å². The molecule has 0 spiro atoms. The quantitative estimate of drug-likeness (QED) is 0.728. The summed E-state index contributed by atoms with van der Waals surface area (Å²) in [5.74, 6) is 1.44. The zero-order valence-electron chi connectivity index (χ0n) is 11.0.